The predicted octanol–water partition coefficient (Wildman–Crippen LogP) is 4.42. The molecule has 0 bridgehead atoms. The molecule has 2 heterocycles. The Kier molecular flexibility index (Phi) is 3.60. The molecule has 0 saturated heterocycles. The standard InChI is InChI=1S/C14H20N2S2/c1-13(2,3)12-15-9-10(18-12)8-14(4,5)11-6-7-17-16-11/h6-7,9H,8H2,1-5H3. The van der Waals surface area contributed by atoms with Gasteiger partial charge in [0.05, 0.1) is 10.7 Å². The Balaban J connectivity index is 2.17. The Morgan fingerprint density at radius 1 is 1.17 bits per heavy atom. The number of rotatable bonds is 3. The SMILES string of the molecule is CC(C)(C)c1ncc(CC(C)(C)c2ccsn2)s1. The first-order valence-corrected chi connectivity index (χ1v) is 7.80. The zero-order valence-corrected chi connectivity index (χ0v) is 13.3. The maximum atomic E-state index is 4.55. The monoisotopic (exact) mass is 280 g/mol. The minimum atomic E-state index is 0.0850. The summed E-state index contributed by atoms with van der Waals surface area (Å²) in [5.74, 6) is 0. The minimum absolute atomic E-state index is 0.0850. The molecule has 0 aromatic carbocycles. The molecule has 2 aromatic heterocycles. The van der Waals surface area contributed by atoms with E-state index in [1.807, 2.05) is 22.9 Å². The highest BCUT2D eigenvalue weighted by molar-refractivity contribution is 7.11. The highest BCUT2D eigenvalue weighted by Crippen LogP contribution is 2.32. The van der Waals surface area contributed by atoms with E-state index in [0.717, 1.165) is 6.42 Å². The van der Waals surface area contributed by atoms with E-state index in [1.165, 1.54) is 27.1 Å². The summed E-state index contributed by atoms with van der Waals surface area (Å²) in [6.07, 6.45) is 3.03. The Hall–Kier alpha value is -0.740. The molecule has 4 heteroatoms. The van der Waals surface area contributed by atoms with Crippen molar-refractivity contribution in [3.63, 3.8) is 0 Å². The first kappa shape index (κ1) is 13.7. The lowest BCUT2D eigenvalue weighted by atomic mass is 9.85. The van der Waals surface area contributed by atoms with Crippen molar-refractivity contribution in [2.75, 3.05) is 0 Å². The van der Waals surface area contributed by atoms with E-state index in [4.69, 9.17) is 0 Å². The van der Waals surface area contributed by atoms with Crippen LogP contribution in [0, 0.1) is 0 Å². The molecule has 2 aromatic rings. The van der Waals surface area contributed by atoms with Crippen molar-refractivity contribution >= 4 is 22.9 Å². The van der Waals surface area contributed by atoms with Crippen molar-refractivity contribution in [1.82, 2.24) is 9.36 Å². The predicted molar refractivity (Wildman–Crippen MR) is 79.7 cm³/mol. The second-order valence-electron chi connectivity index (χ2n) is 6.33. The Bertz CT molecular complexity index is 504. The number of hydrogen-bond donors (Lipinski definition) is 0. The van der Waals surface area contributed by atoms with Gasteiger partial charge in [-0.2, -0.15) is 4.37 Å². The van der Waals surface area contributed by atoms with Crippen LogP contribution in [0.1, 0.15) is 50.2 Å². The maximum Gasteiger partial charge on any atom is 0.0981 e. The van der Waals surface area contributed by atoms with Crippen LogP contribution in [-0.4, -0.2) is 9.36 Å². The molecule has 0 amide bonds. The highest BCUT2D eigenvalue weighted by Gasteiger charge is 2.25. The van der Waals surface area contributed by atoms with Crippen molar-refractivity contribution in [2.45, 2.75) is 51.9 Å². The van der Waals surface area contributed by atoms with Crippen LogP contribution in [0.15, 0.2) is 17.6 Å². The second kappa shape index (κ2) is 4.74. The van der Waals surface area contributed by atoms with Crippen molar-refractivity contribution in [1.29, 1.82) is 0 Å². The molecule has 0 saturated carbocycles. The van der Waals surface area contributed by atoms with Crippen molar-refractivity contribution in [3.05, 3.63) is 33.2 Å². The van der Waals surface area contributed by atoms with Crippen LogP contribution < -0.4 is 0 Å². The molecule has 0 atom stereocenters. The summed E-state index contributed by atoms with van der Waals surface area (Å²) >= 11 is 3.35. The maximum absolute atomic E-state index is 4.55. The van der Waals surface area contributed by atoms with E-state index in [0.29, 0.717) is 0 Å². The third kappa shape index (κ3) is 2.98. The molecular weight excluding hydrogens is 260 g/mol. The fourth-order valence-corrected chi connectivity index (χ4v) is 3.69. The zero-order valence-electron chi connectivity index (χ0n) is 11.7. The van der Waals surface area contributed by atoms with E-state index < -0.39 is 0 Å². The Morgan fingerprint density at radius 2 is 1.89 bits per heavy atom. The van der Waals surface area contributed by atoms with Gasteiger partial charge in [0.2, 0.25) is 0 Å². The van der Waals surface area contributed by atoms with Gasteiger partial charge >= 0.3 is 0 Å². The van der Waals surface area contributed by atoms with Gasteiger partial charge in [0.25, 0.3) is 0 Å². The topological polar surface area (TPSA) is 25.8 Å². The van der Waals surface area contributed by atoms with Gasteiger partial charge in [0, 0.05) is 27.3 Å². The fourth-order valence-electron chi connectivity index (χ4n) is 1.82. The minimum Gasteiger partial charge on any atom is -0.249 e. The van der Waals surface area contributed by atoms with Crippen molar-refractivity contribution in [2.24, 2.45) is 0 Å². The van der Waals surface area contributed by atoms with Crippen LogP contribution in [0.5, 0.6) is 0 Å². The molecule has 0 unspecified atom stereocenters. The van der Waals surface area contributed by atoms with Crippen LogP contribution in [0.25, 0.3) is 0 Å². The third-order valence-electron chi connectivity index (χ3n) is 2.94. The Morgan fingerprint density at radius 3 is 2.39 bits per heavy atom. The van der Waals surface area contributed by atoms with Gasteiger partial charge in [-0.15, -0.1) is 11.3 Å². The molecule has 0 N–H and O–H groups in total. The van der Waals surface area contributed by atoms with Gasteiger partial charge < -0.3 is 0 Å². The van der Waals surface area contributed by atoms with E-state index >= 15 is 0 Å². The van der Waals surface area contributed by atoms with Gasteiger partial charge in [-0.3, -0.25) is 0 Å². The summed E-state index contributed by atoms with van der Waals surface area (Å²) in [6, 6.07) is 2.12. The van der Waals surface area contributed by atoms with Crippen molar-refractivity contribution in [3.8, 4) is 0 Å². The summed E-state index contributed by atoms with van der Waals surface area (Å²) < 4.78 is 4.47. The number of hydrogen-bond acceptors (Lipinski definition) is 4. The van der Waals surface area contributed by atoms with Crippen LogP contribution in [0.2, 0.25) is 0 Å². The van der Waals surface area contributed by atoms with Gasteiger partial charge in [0.15, 0.2) is 0 Å². The van der Waals surface area contributed by atoms with Crippen LogP contribution in [-0.2, 0) is 17.3 Å². The lowest BCUT2D eigenvalue weighted by Gasteiger charge is -2.21. The van der Waals surface area contributed by atoms with Crippen molar-refractivity contribution < 1.29 is 0 Å². The lowest BCUT2D eigenvalue weighted by Crippen LogP contribution is -2.20. The normalized spacial score (nSPS) is 12.9. The molecule has 0 aliphatic rings. The van der Waals surface area contributed by atoms with E-state index in [-0.39, 0.29) is 10.8 Å². The lowest BCUT2D eigenvalue weighted by molar-refractivity contribution is 0.514. The molecule has 18 heavy (non-hydrogen) atoms. The summed E-state index contributed by atoms with van der Waals surface area (Å²) in [7, 11) is 0. The van der Waals surface area contributed by atoms with Gasteiger partial charge in [0.1, 0.15) is 0 Å². The molecule has 98 valence electrons. The number of aromatic nitrogens is 2. The van der Waals surface area contributed by atoms with E-state index in [2.05, 4.69) is 50.0 Å². The number of thiazole rings is 1. The summed E-state index contributed by atoms with van der Waals surface area (Å²) in [5, 5.41) is 3.26. The molecule has 0 aliphatic heterocycles. The fraction of sp³-hybridized carbons (Fsp3) is 0.571. The summed E-state index contributed by atoms with van der Waals surface area (Å²) in [6.45, 7) is 11.1. The van der Waals surface area contributed by atoms with Crippen LogP contribution in [0.4, 0.5) is 0 Å². The molecule has 0 aliphatic carbocycles. The quantitative estimate of drug-likeness (QED) is 0.832. The Labute approximate surface area is 117 Å². The largest absolute Gasteiger partial charge is 0.249 e. The van der Waals surface area contributed by atoms with Gasteiger partial charge in [-0.25, -0.2) is 4.98 Å². The van der Waals surface area contributed by atoms with Gasteiger partial charge in [-0.1, -0.05) is 34.6 Å². The molecule has 0 spiro atoms. The first-order chi connectivity index (χ1) is 8.29. The molecular formula is C14H20N2S2. The molecule has 0 radical (unpaired) electrons. The summed E-state index contributed by atoms with van der Waals surface area (Å²) in [5.41, 5.74) is 1.41. The first-order valence-electron chi connectivity index (χ1n) is 6.15. The average Bonchev–Trinajstić information content (AvgIpc) is 2.83. The molecule has 2 nitrogen and oxygen atoms in total. The smallest absolute Gasteiger partial charge is 0.0981 e. The van der Waals surface area contributed by atoms with E-state index in [9.17, 15) is 0 Å². The van der Waals surface area contributed by atoms with Gasteiger partial charge in [-0.05, 0) is 24.0 Å². The van der Waals surface area contributed by atoms with Crippen LogP contribution >= 0.6 is 22.9 Å². The van der Waals surface area contributed by atoms with Crippen LogP contribution in [0.3, 0.4) is 0 Å². The number of nitrogens with zero attached hydrogens (tertiary/aromatic N) is 2. The zero-order chi connectivity index (χ0) is 13.4. The molecule has 0 fully saturated rings. The second-order valence-corrected chi connectivity index (χ2v) is 8.11. The third-order valence-corrected chi connectivity index (χ3v) is 4.93. The van der Waals surface area contributed by atoms with E-state index in [1.54, 1.807) is 0 Å². The average molecular weight is 280 g/mol. The molecule has 2 rings (SSSR count). The highest BCUT2D eigenvalue weighted by atomic mass is 32.1. The summed E-state index contributed by atoms with van der Waals surface area (Å²) in [4.78, 5) is 5.90.